The van der Waals surface area contributed by atoms with Crippen LogP contribution in [0.15, 0.2) is 6.20 Å². The number of pyridine rings is 1. The quantitative estimate of drug-likeness (QED) is 0.839. The summed E-state index contributed by atoms with van der Waals surface area (Å²) in [5, 5.41) is 0. The van der Waals surface area contributed by atoms with Crippen LogP contribution in [-0.4, -0.2) is 30.8 Å². The van der Waals surface area contributed by atoms with E-state index >= 15 is 0 Å². The Labute approximate surface area is 128 Å². The molecule has 0 aliphatic heterocycles. The Morgan fingerprint density at radius 2 is 2.10 bits per heavy atom. The van der Waals surface area contributed by atoms with Crippen LogP contribution in [0.1, 0.15) is 43.0 Å². The number of nitrogens with two attached hydrogens (primary N) is 1. The first-order chi connectivity index (χ1) is 10.0. The van der Waals surface area contributed by atoms with E-state index in [0.29, 0.717) is 12.0 Å². The molecule has 1 aliphatic carbocycles. The van der Waals surface area contributed by atoms with E-state index in [1.165, 1.54) is 0 Å². The first kappa shape index (κ1) is 16.2. The molecule has 1 aromatic heterocycles. The van der Waals surface area contributed by atoms with Gasteiger partial charge in [0.15, 0.2) is 0 Å². The zero-order chi connectivity index (χ0) is 15.4. The van der Waals surface area contributed by atoms with Crippen LogP contribution in [0.3, 0.4) is 0 Å². The molecule has 1 aliphatic rings. The fourth-order valence-corrected chi connectivity index (χ4v) is 3.28. The van der Waals surface area contributed by atoms with Crippen molar-refractivity contribution in [3.63, 3.8) is 0 Å². The summed E-state index contributed by atoms with van der Waals surface area (Å²) in [5.41, 5.74) is 9.57. The molecule has 0 radical (unpaired) electrons. The van der Waals surface area contributed by atoms with Gasteiger partial charge in [-0.15, -0.1) is 0 Å². The maximum atomic E-state index is 6.31. The SMILES string of the molecule is CCOC1CC(CC(N)Cc2ncc(C)c(OC)c2C)C1. The van der Waals surface area contributed by atoms with Gasteiger partial charge in [0.2, 0.25) is 0 Å². The number of nitrogens with zero attached hydrogens (tertiary/aromatic N) is 1. The minimum Gasteiger partial charge on any atom is -0.496 e. The Balaban J connectivity index is 1.87. The summed E-state index contributed by atoms with van der Waals surface area (Å²) >= 11 is 0. The summed E-state index contributed by atoms with van der Waals surface area (Å²) < 4.78 is 11.1. The molecular formula is C17H28N2O2. The molecule has 0 aromatic carbocycles. The second kappa shape index (κ2) is 7.23. The van der Waals surface area contributed by atoms with E-state index in [-0.39, 0.29) is 6.04 Å². The van der Waals surface area contributed by atoms with Crippen molar-refractivity contribution >= 4 is 0 Å². The zero-order valence-electron chi connectivity index (χ0n) is 13.7. The van der Waals surface area contributed by atoms with Crippen LogP contribution in [0.4, 0.5) is 0 Å². The highest BCUT2D eigenvalue weighted by Gasteiger charge is 2.30. The van der Waals surface area contributed by atoms with Gasteiger partial charge < -0.3 is 15.2 Å². The lowest BCUT2D eigenvalue weighted by Crippen LogP contribution is -2.36. The van der Waals surface area contributed by atoms with Gasteiger partial charge in [0, 0.05) is 42.1 Å². The van der Waals surface area contributed by atoms with Gasteiger partial charge in [-0.2, -0.15) is 0 Å². The lowest BCUT2D eigenvalue weighted by atomic mass is 9.77. The molecule has 4 nitrogen and oxygen atoms in total. The molecule has 1 aromatic rings. The van der Waals surface area contributed by atoms with Crippen molar-refractivity contribution in [3.8, 4) is 5.75 Å². The number of hydrogen-bond donors (Lipinski definition) is 1. The average Bonchev–Trinajstić information content (AvgIpc) is 2.40. The van der Waals surface area contributed by atoms with Crippen LogP contribution in [0, 0.1) is 19.8 Å². The Bertz CT molecular complexity index is 470. The Kier molecular flexibility index (Phi) is 5.59. The van der Waals surface area contributed by atoms with Crippen LogP contribution in [0.2, 0.25) is 0 Å². The van der Waals surface area contributed by atoms with E-state index in [9.17, 15) is 0 Å². The van der Waals surface area contributed by atoms with Crippen LogP contribution in [-0.2, 0) is 11.2 Å². The molecule has 1 heterocycles. The number of aryl methyl sites for hydroxylation is 1. The molecule has 0 spiro atoms. The molecule has 0 saturated heterocycles. The highest BCUT2D eigenvalue weighted by Crippen LogP contribution is 2.34. The third-order valence-electron chi connectivity index (χ3n) is 4.44. The van der Waals surface area contributed by atoms with Crippen LogP contribution < -0.4 is 10.5 Å². The van der Waals surface area contributed by atoms with Crippen molar-refractivity contribution in [3.05, 3.63) is 23.0 Å². The van der Waals surface area contributed by atoms with Gasteiger partial charge in [-0.3, -0.25) is 4.98 Å². The van der Waals surface area contributed by atoms with Crippen molar-refractivity contribution in [2.75, 3.05) is 13.7 Å². The smallest absolute Gasteiger partial charge is 0.128 e. The number of methoxy groups -OCH3 is 1. The monoisotopic (exact) mass is 292 g/mol. The van der Waals surface area contributed by atoms with Crippen molar-refractivity contribution in [1.82, 2.24) is 4.98 Å². The normalized spacial score (nSPS) is 22.7. The van der Waals surface area contributed by atoms with E-state index < -0.39 is 0 Å². The molecule has 0 amide bonds. The fourth-order valence-electron chi connectivity index (χ4n) is 3.28. The molecule has 2 N–H and O–H groups in total. The second-order valence-electron chi connectivity index (χ2n) is 6.16. The molecule has 2 rings (SSSR count). The predicted molar refractivity (Wildman–Crippen MR) is 84.7 cm³/mol. The van der Waals surface area contributed by atoms with E-state index in [0.717, 1.165) is 54.9 Å². The fraction of sp³-hybridized carbons (Fsp3) is 0.706. The minimum atomic E-state index is 0.163. The summed E-state index contributed by atoms with van der Waals surface area (Å²) in [5.74, 6) is 1.65. The molecule has 4 heteroatoms. The van der Waals surface area contributed by atoms with Gasteiger partial charge >= 0.3 is 0 Å². The highest BCUT2D eigenvalue weighted by atomic mass is 16.5. The minimum absolute atomic E-state index is 0.163. The number of ether oxygens (including phenoxy) is 2. The molecule has 1 fully saturated rings. The van der Waals surface area contributed by atoms with E-state index in [4.69, 9.17) is 15.2 Å². The number of aromatic nitrogens is 1. The van der Waals surface area contributed by atoms with Crippen LogP contribution in [0.5, 0.6) is 5.75 Å². The first-order valence-electron chi connectivity index (χ1n) is 7.91. The van der Waals surface area contributed by atoms with Crippen molar-refractivity contribution in [2.45, 2.75) is 58.6 Å². The molecular weight excluding hydrogens is 264 g/mol. The van der Waals surface area contributed by atoms with Gasteiger partial charge in [-0.1, -0.05) is 0 Å². The molecule has 0 bridgehead atoms. The molecule has 1 unspecified atom stereocenters. The van der Waals surface area contributed by atoms with Gasteiger partial charge in [0.1, 0.15) is 5.75 Å². The van der Waals surface area contributed by atoms with Gasteiger partial charge in [-0.25, -0.2) is 0 Å². The van der Waals surface area contributed by atoms with Gasteiger partial charge in [-0.05, 0) is 46.0 Å². The summed E-state index contributed by atoms with van der Waals surface area (Å²) in [6.07, 6.45) is 6.53. The summed E-state index contributed by atoms with van der Waals surface area (Å²) in [7, 11) is 1.71. The summed E-state index contributed by atoms with van der Waals surface area (Å²) in [4.78, 5) is 4.54. The van der Waals surface area contributed by atoms with Crippen molar-refractivity contribution < 1.29 is 9.47 Å². The van der Waals surface area contributed by atoms with Crippen LogP contribution >= 0.6 is 0 Å². The second-order valence-corrected chi connectivity index (χ2v) is 6.16. The lowest BCUT2D eigenvalue weighted by Gasteiger charge is -2.36. The number of rotatable bonds is 7. The van der Waals surface area contributed by atoms with E-state index in [1.54, 1.807) is 7.11 Å². The standard InChI is InChI=1S/C17H28N2O2/c1-5-21-15-7-13(8-15)6-14(18)9-16-12(3)17(20-4)11(2)10-19-16/h10,13-15H,5-9,18H2,1-4H3. The third kappa shape index (κ3) is 3.95. The topological polar surface area (TPSA) is 57.4 Å². The summed E-state index contributed by atoms with van der Waals surface area (Å²) in [6.45, 7) is 6.95. The average molecular weight is 292 g/mol. The molecule has 21 heavy (non-hydrogen) atoms. The molecule has 1 saturated carbocycles. The maximum absolute atomic E-state index is 6.31. The Morgan fingerprint density at radius 3 is 2.71 bits per heavy atom. The van der Waals surface area contributed by atoms with Crippen molar-refractivity contribution in [1.29, 1.82) is 0 Å². The highest BCUT2D eigenvalue weighted by molar-refractivity contribution is 5.41. The van der Waals surface area contributed by atoms with Gasteiger partial charge in [0.25, 0.3) is 0 Å². The van der Waals surface area contributed by atoms with Crippen LogP contribution in [0.25, 0.3) is 0 Å². The van der Waals surface area contributed by atoms with Gasteiger partial charge in [0.05, 0.1) is 13.2 Å². The Hall–Kier alpha value is -1.13. The lowest BCUT2D eigenvalue weighted by molar-refractivity contribution is -0.0281. The predicted octanol–water partition coefficient (Wildman–Crippen LogP) is 2.78. The first-order valence-corrected chi connectivity index (χ1v) is 7.91. The number of hydrogen-bond acceptors (Lipinski definition) is 4. The molecule has 118 valence electrons. The van der Waals surface area contributed by atoms with Crippen molar-refractivity contribution in [2.24, 2.45) is 11.7 Å². The molecule has 1 atom stereocenters. The van der Waals surface area contributed by atoms with E-state index in [1.807, 2.05) is 13.1 Å². The Morgan fingerprint density at radius 1 is 1.38 bits per heavy atom. The maximum Gasteiger partial charge on any atom is 0.128 e. The van der Waals surface area contributed by atoms with E-state index in [2.05, 4.69) is 18.8 Å². The third-order valence-corrected chi connectivity index (χ3v) is 4.44. The largest absolute Gasteiger partial charge is 0.496 e. The summed E-state index contributed by atoms with van der Waals surface area (Å²) in [6, 6.07) is 0.163. The zero-order valence-corrected chi connectivity index (χ0v) is 13.7.